The second kappa shape index (κ2) is 5.78. The first-order valence-electron chi connectivity index (χ1n) is 5.24. The molecule has 0 radical (unpaired) electrons. The number of hydrogen-bond donors (Lipinski definition) is 0. The average Bonchev–Trinajstić information content (AvgIpc) is 2.74. The van der Waals surface area contributed by atoms with Crippen LogP contribution in [0.15, 0.2) is 36.4 Å². The molecule has 5 heteroatoms. The van der Waals surface area contributed by atoms with E-state index >= 15 is 0 Å². The van der Waals surface area contributed by atoms with Gasteiger partial charge in [0.05, 0.1) is 0 Å². The molecule has 1 aromatic heterocycles. The minimum absolute atomic E-state index is 0.780. The molecular weight excluding hydrogens is 566 g/mol. The molecule has 0 saturated carbocycles. The van der Waals surface area contributed by atoms with Gasteiger partial charge in [-0.3, -0.25) is 0 Å². The van der Waals surface area contributed by atoms with Crippen LogP contribution in [0.4, 0.5) is 0 Å². The summed E-state index contributed by atoms with van der Waals surface area (Å²) < 4.78 is 3.83. The Balaban J connectivity index is 2.44. The molecule has 18 heavy (non-hydrogen) atoms. The number of benzene rings is 1. The first kappa shape index (κ1) is 13.5. The third-order valence-corrected chi connectivity index (χ3v) is 4.40. The number of aryl methyl sites for hydroxylation is 1. The van der Waals surface area contributed by atoms with Gasteiger partial charge in [-0.25, -0.2) is 0 Å². The van der Waals surface area contributed by atoms with E-state index in [0.29, 0.717) is 0 Å². The van der Waals surface area contributed by atoms with Crippen molar-refractivity contribution in [1.82, 2.24) is 9.78 Å². The van der Waals surface area contributed by atoms with Crippen LogP contribution in [0.25, 0.3) is 10.9 Å². The Morgan fingerprint density at radius 2 is 2.06 bits per heavy atom. The van der Waals surface area contributed by atoms with Gasteiger partial charge < -0.3 is 0 Å². The van der Waals surface area contributed by atoms with E-state index in [4.69, 9.17) is 5.26 Å². The molecule has 2 aromatic rings. The van der Waals surface area contributed by atoms with E-state index in [1.54, 1.807) is 0 Å². The van der Waals surface area contributed by atoms with Gasteiger partial charge in [0.15, 0.2) is 0 Å². The summed E-state index contributed by atoms with van der Waals surface area (Å²) in [6, 6.07) is 10.3. The van der Waals surface area contributed by atoms with E-state index in [2.05, 4.69) is 23.3 Å². The minimum atomic E-state index is 0.780. The molecule has 88 valence electrons. The predicted octanol–water partition coefficient (Wildman–Crippen LogP) is 1.67. The number of para-hydroxylation sites is 1. The normalized spacial score (nSPS) is 10.7. The van der Waals surface area contributed by atoms with Crippen molar-refractivity contribution >= 4 is 18.8 Å². The number of hydrogen-bond acceptors (Lipinski definition) is 2. The van der Waals surface area contributed by atoms with Crippen molar-refractivity contribution in [3.05, 3.63) is 42.1 Å². The Kier molecular flexibility index (Phi) is 4.33. The Labute approximate surface area is 127 Å². The average molecular weight is 575 g/mol. The van der Waals surface area contributed by atoms with Crippen LogP contribution in [0.5, 0.6) is 0 Å². The van der Waals surface area contributed by atoms with Crippen molar-refractivity contribution in [1.29, 1.82) is 5.26 Å². The fraction of sp³-hybridized carbons (Fsp3) is 0.0769. The molecule has 0 spiro atoms. The summed E-state index contributed by atoms with van der Waals surface area (Å²) in [5, 5.41) is 14.5. The fourth-order valence-electron chi connectivity index (χ4n) is 1.64. The number of fused-ring (bicyclic) bond motifs is 1. The van der Waals surface area contributed by atoms with E-state index in [-0.39, 0.29) is 0 Å². The molecule has 0 saturated heterocycles. The van der Waals surface area contributed by atoms with Crippen molar-refractivity contribution in [3.63, 3.8) is 0 Å². The van der Waals surface area contributed by atoms with Crippen LogP contribution >= 0.6 is 0 Å². The van der Waals surface area contributed by atoms with Crippen molar-refractivity contribution < 1.29 is 38.7 Å². The first-order valence-corrected chi connectivity index (χ1v) is 8.17. The third-order valence-electron chi connectivity index (χ3n) is 2.47. The standard InChI is InChI=1S/C13H9N3.2W/c1-11-12-7-3-4-8-13(12)16(15-11)10-6-2-5-9-14;;/h2-4,6-8H,1H3;;/b6-2-;;. The zero-order valence-corrected chi connectivity index (χ0v) is 15.5. The van der Waals surface area contributed by atoms with E-state index in [0.717, 1.165) is 19.1 Å². The van der Waals surface area contributed by atoms with Crippen LogP contribution in [-0.2, 0) is 38.7 Å². The monoisotopic (exact) mass is 575 g/mol. The summed E-state index contributed by atoms with van der Waals surface area (Å²) in [4.78, 5) is 0. The Bertz CT molecular complexity index is 705. The van der Waals surface area contributed by atoms with Gasteiger partial charge in [-0.1, -0.05) is 0 Å². The van der Waals surface area contributed by atoms with Crippen molar-refractivity contribution in [3.8, 4) is 6.07 Å². The van der Waals surface area contributed by atoms with Crippen LogP contribution in [0.3, 0.4) is 0 Å². The molecule has 1 aromatic carbocycles. The summed E-state index contributed by atoms with van der Waals surface area (Å²) >= 11 is 2.52. The van der Waals surface area contributed by atoms with Gasteiger partial charge in [0.2, 0.25) is 0 Å². The van der Waals surface area contributed by atoms with Gasteiger partial charge in [0.25, 0.3) is 0 Å². The molecule has 0 aliphatic carbocycles. The first-order chi connectivity index (χ1) is 8.63. The quantitative estimate of drug-likeness (QED) is 0.560. The van der Waals surface area contributed by atoms with E-state index in [1.807, 2.05) is 35.9 Å². The number of aromatic nitrogens is 2. The maximum absolute atomic E-state index is 8.75. The molecule has 0 atom stereocenters. The van der Waals surface area contributed by atoms with Crippen LogP contribution in [0.2, 0.25) is 0 Å². The van der Waals surface area contributed by atoms with Crippen molar-refractivity contribution in [2.45, 2.75) is 6.92 Å². The number of nitriles is 1. The molecular formula is C13H9N3W2. The van der Waals surface area contributed by atoms with Crippen molar-refractivity contribution in [2.24, 2.45) is 0 Å². The summed E-state index contributed by atoms with van der Waals surface area (Å²) in [5.41, 5.74) is 2.15. The summed E-state index contributed by atoms with van der Waals surface area (Å²) in [5.74, 6) is 0. The zero-order chi connectivity index (χ0) is 13.1. The molecule has 3 nitrogen and oxygen atoms in total. The van der Waals surface area contributed by atoms with E-state index in [1.165, 1.54) is 44.1 Å². The van der Waals surface area contributed by atoms with Gasteiger partial charge in [0, 0.05) is 0 Å². The molecule has 0 unspecified atom stereocenters. The van der Waals surface area contributed by atoms with Crippen LogP contribution in [0.1, 0.15) is 5.69 Å². The van der Waals surface area contributed by atoms with Gasteiger partial charge in [-0.15, -0.1) is 0 Å². The molecule has 1 heterocycles. The Hall–Kier alpha value is -0.963. The topological polar surface area (TPSA) is 41.6 Å². The molecule has 0 fully saturated rings. The number of nitrogens with zero attached hydrogens (tertiary/aromatic N) is 3. The molecule has 0 aliphatic rings. The van der Waals surface area contributed by atoms with Crippen LogP contribution < -0.4 is 0 Å². The molecule has 0 amide bonds. The van der Waals surface area contributed by atoms with Crippen molar-refractivity contribution in [2.75, 3.05) is 0 Å². The number of rotatable bonds is 3. The van der Waals surface area contributed by atoms with Gasteiger partial charge in [0.1, 0.15) is 0 Å². The predicted molar refractivity (Wildman–Crippen MR) is 64.6 cm³/mol. The summed E-state index contributed by atoms with van der Waals surface area (Å²) in [6.45, 7) is 2.02. The second-order valence-corrected chi connectivity index (χ2v) is 6.74. The second-order valence-electron chi connectivity index (χ2n) is 3.66. The zero-order valence-electron chi connectivity index (χ0n) is 9.62. The fourth-order valence-corrected chi connectivity index (χ4v) is 2.63. The van der Waals surface area contributed by atoms with Crippen LogP contribution in [-0.4, -0.2) is 17.7 Å². The Morgan fingerprint density at radius 3 is 2.78 bits per heavy atom. The van der Waals surface area contributed by atoms with Gasteiger partial charge in [-0.2, -0.15) is 0 Å². The molecule has 0 aliphatic heterocycles. The van der Waals surface area contributed by atoms with E-state index in [9.17, 15) is 0 Å². The van der Waals surface area contributed by atoms with Crippen LogP contribution in [0, 0.1) is 18.3 Å². The third kappa shape index (κ3) is 2.71. The molecule has 0 bridgehead atoms. The van der Waals surface area contributed by atoms with Gasteiger partial charge in [-0.05, 0) is 0 Å². The van der Waals surface area contributed by atoms with Gasteiger partial charge >= 0.3 is 128 Å². The van der Waals surface area contributed by atoms with E-state index < -0.39 is 0 Å². The molecule has 0 N–H and O–H groups in total. The summed E-state index contributed by atoms with van der Waals surface area (Å²) in [7, 11) is 0. The molecule has 2 rings (SSSR count). The number of allylic oxidation sites excluding steroid dienone is 2. The maximum atomic E-state index is 8.75. The SMILES string of the molecule is Cc1nn([C](=[W])/C=C\[C](=[W])C#N)c2ccccc12. The summed E-state index contributed by atoms with van der Waals surface area (Å²) in [6.07, 6.45) is 3.84. The Morgan fingerprint density at radius 1 is 1.33 bits per heavy atom.